The van der Waals surface area contributed by atoms with E-state index >= 15 is 0 Å². The number of phenolic OH excluding ortho intramolecular Hbond substituents is 1. The molecule has 7 heteroatoms. The Labute approximate surface area is 178 Å². The number of methoxy groups -OCH3 is 1. The first-order valence-corrected chi connectivity index (χ1v) is 10.1. The van der Waals surface area contributed by atoms with Crippen LogP contribution in [0.4, 0.5) is 0 Å². The van der Waals surface area contributed by atoms with Crippen molar-refractivity contribution in [3.05, 3.63) is 65.1 Å². The number of rotatable bonds is 6. The highest BCUT2D eigenvalue weighted by atomic mass is 32.2. The van der Waals surface area contributed by atoms with Crippen molar-refractivity contribution in [2.75, 3.05) is 7.11 Å². The molecular weight excluding hydrogens is 404 g/mol. The van der Waals surface area contributed by atoms with Crippen molar-refractivity contribution < 1.29 is 29.3 Å². The molecule has 0 saturated carbocycles. The van der Waals surface area contributed by atoms with Crippen molar-refractivity contribution in [1.29, 1.82) is 0 Å². The summed E-state index contributed by atoms with van der Waals surface area (Å²) in [4.78, 5) is 25.6. The van der Waals surface area contributed by atoms with Crippen LogP contribution in [0.1, 0.15) is 25.3 Å². The summed E-state index contributed by atoms with van der Waals surface area (Å²) >= 11 is 1.14. The summed E-state index contributed by atoms with van der Waals surface area (Å²) < 4.78 is 10.5. The fourth-order valence-corrected chi connectivity index (χ4v) is 3.76. The van der Waals surface area contributed by atoms with Crippen molar-refractivity contribution in [3.63, 3.8) is 0 Å². The molecule has 30 heavy (non-hydrogen) atoms. The van der Waals surface area contributed by atoms with Crippen molar-refractivity contribution in [1.82, 2.24) is 0 Å². The Balaban J connectivity index is 1.73. The first kappa shape index (κ1) is 21.7. The maximum Gasteiger partial charge on any atom is 0.336 e. The van der Waals surface area contributed by atoms with Crippen LogP contribution in [0.15, 0.2) is 64.4 Å². The summed E-state index contributed by atoms with van der Waals surface area (Å²) in [6, 6.07) is 11.5. The van der Waals surface area contributed by atoms with E-state index in [1.165, 1.54) is 18.2 Å². The van der Waals surface area contributed by atoms with Crippen LogP contribution in [-0.2, 0) is 9.59 Å². The van der Waals surface area contributed by atoms with Gasteiger partial charge >= 0.3 is 5.97 Å². The predicted molar refractivity (Wildman–Crippen MR) is 115 cm³/mol. The third kappa shape index (κ3) is 5.75. The van der Waals surface area contributed by atoms with Gasteiger partial charge < -0.3 is 19.7 Å². The van der Waals surface area contributed by atoms with Crippen LogP contribution in [0, 0.1) is 0 Å². The summed E-state index contributed by atoms with van der Waals surface area (Å²) in [5.74, 6) is -0.000956. The van der Waals surface area contributed by atoms with E-state index in [1.807, 2.05) is 0 Å². The fourth-order valence-electron chi connectivity index (χ4n) is 2.83. The molecule has 156 valence electrons. The van der Waals surface area contributed by atoms with E-state index in [1.54, 1.807) is 56.5 Å². The van der Waals surface area contributed by atoms with Crippen LogP contribution in [-0.4, -0.2) is 34.7 Å². The third-order valence-electron chi connectivity index (χ3n) is 4.43. The maximum absolute atomic E-state index is 12.3. The zero-order chi connectivity index (χ0) is 21.7. The number of phenols is 1. The number of ketones is 1. The molecule has 0 amide bonds. The molecule has 0 spiro atoms. The van der Waals surface area contributed by atoms with Gasteiger partial charge in [-0.05, 0) is 49.2 Å². The van der Waals surface area contributed by atoms with Gasteiger partial charge in [-0.2, -0.15) is 0 Å². The fraction of sp³-hybridized carbons (Fsp3) is 0.217. The number of thioether (sulfide) groups is 1. The molecule has 2 N–H and O–H groups in total. The summed E-state index contributed by atoms with van der Waals surface area (Å²) in [6.45, 7) is 1.62. The predicted octanol–water partition coefficient (Wildman–Crippen LogP) is 4.11. The molecule has 0 fully saturated rings. The number of allylic oxidation sites excluding steroid dienone is 1. The highest BCUT2D eigenvalue weighted by molar-refractivity contribution is 8.04. The lowest BCUT2D eigenvalue weighted by molar-refractivity contribution is -0.129. The Bertz CT molecular complexity index is 1000. The summed E-state index contributed by atoms with van der Waals surface area (Å²) in [5, 5.41) is 19.8. The molecular formula is C23H22O6S. The molecule has 1 aliphatic carbocycles. The normalized spacial score (nSPS) is 18.9. The third-order valence-corrected chi connectivity index (χ3v) is 5.60. The van der Waals surface area contributed by atoms with Crippen LogP contribution >= 0.6 is 11.8 Å². The van der Waals surface area contributed by atoms with E-state index < -0.39 is 11.6 Å². The summed E-state index contributed by atoms with van der Waals surface area (Å²) in [6.07, 6.45) is 4.95. The van der Waals surface area contributed by atoms with E-state index in [4.69, 9.17) is 9.47 Å². The number of hydrogen-bond donors (Lipinski definition) is 2. The quantitative estimate of drug-likeness (QED) is 0.408. The second-order valence-corrected chi connectivity index (χ2v) is 8.21. The van der Waals surface area contributed by atoms with Crippen LogP contribution < -0.4 is 9.47 Å². The molecule has 0 bridgehead atoms. The van der Waals surface area contributed by atoms with Crippen LogP contribution in [0.5, 0.6) is 17.2 Å². The molecule has 0 aromatic heterocycles. The number of benzene rings is 2. The molecule has 1 atom stereocenters. The average Bonchev–Trinajstić information content (AvgIpc) is 2.70. The SMILES string of the molecule is COc1ccc(C=CC(=O)Oc2cc(O)ccc2SC2=CCC(C)(O)CC2=O)cc1. The average molecular weight is 426 g/mol. The monoisotopic (exact) mass is 426 g/mol. The van der Waals surface area contributed by atoms with E-state index in [2.05, 4.69) is 0 Å². The van der Waals surface area contributed by atoms with Crippen molar-refractivity contribution in [2.45, 2.75) is 30.3 Å². The Morgan fingerprint density at radius 1 is 1.20 bits per heavy atom. The number of Topliss-reactive ketones (excluding diaryl/α,β-unsaturated/α-hetero) is 1. The minimum atomic E-state index is -1.04. The number of carbonyl (C=O) groups excluding carboxylic acids is 2. The zero-order valence-corrected chi connectivity index (χ0v) is 17.4. The van der Waals surface area contributed by atoms with E-state index in [0.29, 0.717) is 22.0 Å². The summed E-state index contributed by atoms with van der Waals surface area (Å²) in [7, 11) is 1.58. The van der Waals surface area contributed by atoms with Gasteiger partial charge in [0.2, 0.25) is 0 Å². The lowest BCUT2D eigenvalue weighted by atomic mass is 9.91. The zero-order valence-electron chi connectivity index (χ0n) is 16.6. The molecule has 3 rings (SSSR count). The summed E-state index contributed by atoms with van der Waals surface area (Å²) in [5.41, 5.74) is -0.249. The number of carbonyl (C=O) groups is 2. The van der Waals surface area contributed by atoms with Crippen LogP contribution in [0.2, 0.25) is 0 Å². The molecule has 0 saturated heterocycles. The second kappa shape index (κ2) is 9.19. The van der Waals surface area contributed by atoms with E-state index in [9.17, 15) is 19.8 Å². The van der Waals surface area contributed by atoms with E-state index in [-0.39, 0.29) is 23.7 Å². The Morgan fingerprint density at radius 3 is 2.60 bits per heavy atom. The Morgan fingerprint density at radius 2 is 1.93 bits per heavy atom. The molecule has 1 aliphatic rings. The lowest BCUT2D eigenvalue weighted by Crippen LogP contribution is -2.30. The maximum atomic E-state index is 12.3. The molecule has 2 aromatic rings. The minimum Gasteiger partial charge on any atom is -0.508 e. The number of aromatic hydroxyl groups is 1. The smallest absolute Gasteiger partial charge is 0.336 e. The van der Waals surface area contributed by atoms with Gasteiger partial charge in [-0.3, -0.25) is 4.79 Å². The van der Waals surface area contributed by atoms with Crippen LogP contribution in [0.25, 0.3) is 6.08 Å². The lowest BCUT2D eigenvalue weighted by Gasteiger charge is -2.26. The number of hydrogen-bond acceptors (Lipinski definition) is 7. The second-order valence-electron chi connectivity index (χ2n) is 7.13. The standard InChI is InChI=1S/C23H22O6S/c1-23(27)12-11-20(18(25)14-23)30-21-9-6-16(24)13-19(21)29-22(26)10-5-15-3-7-17(28-2)8-4-15/h3-11,13,24,27H,12,14H2,1-2H3. The molecule has 0 radical (unpaired) electrons. The van der Waals surface area contributed by atoms with E-state index in [0.717, 1.165) is 17.3 Å². The Hall–Kier alpha value is -3.03. The minimum absolute atomic E-state index is 0.0314. The molecule has 6 nitrogen and oxygen atoms in total. The van der Waals surface area contributed by atoms with Gasteiger partial charge in [0.15, 0.2) is 5.78 Å². The molecule has 0 aliphatic heterocycles. The number of esters is 1. The van der Waals surface area contributed by atoms with Gasteiger partial charge in [-0.1, -0.05) is 30.0 Å². The van der Waals surface area contributed by atoms with Crippen LogP contribution in [0.3, 0.4) is 0 Å². The first-order valence-electron chi connectivity index (χ1n) is 9.26. The molecule has 0 heterocycles. The van der Waals surface area contributed by atoms with Gasteiger partial charge in [0, 0.05) is 18.6 Å². The molecule has 1 unspecified atom stereocenters. The van der Waals surface area contributed by atoms with Gasteiger partial charge in [-0.15, -0.1) is 0 Å². The highest BCUT2D eigenvalue weighted by Gasteiger charge is 2.30. The van der Waals surface area contributed by atoms with Crippen molar-refractivity contribution >= 4 is 29.6 Å². The number of aliphatic hydroxyl groups is 1. The van der Waals surface area contributed by atoms with Gasteiger partial charge in [0.25, 0.3) is 0 Å². The molecule has 2 aromatic carbocycles. The van der Waals surface area contributed by atoms with Crippen molar-refractivity contribution in [3.8, 4) is 17.2 Å². The number of ether oxygens (including phenoxy) is 2. The topological polar surface area (TPSA) is 93.1 Å². The van der Waals surface area contributed by atoms with Gasteiger partial charge in [0.05, 0.1) is 22.5 Å². The first-order chi connectivity index (χ1) is 14.3. The largest absolute Gasteiger partial charge is 0.508 e. The van der Waals surface area contributed by atoms with Gasteiger partial charge in [-0.25, -0.2) is 4.79 Å². The highest BCUT2D eigenvalue weighted by Crippen LogP contribution is 2.40. The van der Waals surface area contributed by atoms with Gasteiger partial charge in [0.1, 0.15) is 17.2 Å². The Kier molecular flexibility index (Phi) is 6.64. The van der Waals surface area contributed by atoms with Crippen molar-refractivity contribution in [2.24, 2.45) is 0 Å².